The lowest BCUT2D eigenvalue weighted by atomic mass is 10.2. The first-order valence-electron chi connectivity index (χ1n) is 8.72. The van der Waals surface area contributed by atoms with Crippen molar-refractivity contribution >= 4 is 29.9 Å². The van der Waals surface area contributed by atoms with Crippen LogP contribution in [0.4, 0.5) is 0 Å². The third-order valence-corrected chi connectivity index (χ3v) is 4.33. The molecule has 1 atom stereocenters. The fourth-order valence-corrected chi connectivity index (χ4v) is 3.00. The number of morpholine rings is 1. The maximum absolute atomic E-state index is 5.70. The number of hydrogen-bond acceptors (Lipinski definition) is 5. The van der Waals surface area contributed by atoms with Crippen LogP contribution in [0.5, 0.6) is 0 Å². The van der Waals surface area contributed by atoms with E-state index in [9.17, 15) is 0 Å². The molecule has 0 amide bonds. The van der Waals surface area contributed by atoms with Gasteiger partial charge in [0.25, 0.3) is 0 Å². The molecule has 3 heterocycles. The van der Waals surface area contributed by atoms with Gasteiger partial charge in [-0.05, 0) is 18.6 Å². The van der Waals surface area contributed by atoms with E-state index in [-0.39, 0.29) is 30.1 Å². The van der Waals surface area contributed by atoms with Crippen molar-refractivity contribution in [2.45, 2.75) is 19.6 Å². The van der Waals surface area contributed by atoms with Gasteiger partial charge < -0.3 is 19.7 Å². The van der Waals surface area contributed by atoms with Gasteiger partial charge in [-0.3, -0.25) is 9.56 Å². The average molecular weight is 486 g/mol. The Morgan fingerprint density at radius 2 is 2.26 bits per heavy atom. The van der Waals surface area contributed by atoms with Crippen LogP contribution in [0.3, 0.4) is 0 Å². The van der Waals surface area contributed by atoms with Gasteiger partial charge in [0.15, 0.2) is 5.96 Å². The van der Waals surface area contributed by atoms with Gasteiger partial charge >= 0.3 is 0 Å². The molecule has 0 saturated carbocycles. The van der Waals surface area contributed by atoms with Crippen LogP contribution in [0.1, 0.15) is 11.4 Å². The summed E-state index contributed by atoms with van der Waals surface area (Å²) >= 11 is 0. The summed E-state index contributed by atoms with van der Waals surface area (Å²) in [7, 11) is 3.49. The van der Waals surface area contributed by atoms with Gasteiger partial charge in [-0.25, -0.2) is 9.97 Å². The largest absolute Gasteiger partial charge is 0.382 e. The molecule has 2 aromatic heterocycles. The summed E-state index contributed by atoms with van der Waals surface area (Å²) in [6.45, 7) is 5.47. The Labute approximate surface area is 177 Å². The van der Waals surface area contributed by atoms with Crippen molar-refractivity contribution < 1.29 is 9.47 Å². The number of methoxy groups -OCH3 is 1. The minimum absolute atomic E-state index is 0. The third-order valence-electron chi connectivity index (χ3n) is 4.33. The van der Waals surface area contributed by atoms with Crippen LogP contribution in [0, 0.1) is 6.92 Å². The molecule has 1 saturated heterocycles. The molecule has 0 spiro atoms. The molecule has 2 aromatic rings. The first-order chi connectivity index (χ1) is 12.7. The molecule has 1 N–H and O–H groups in total. The number of hydrogen-bond donors (Lipinski definition) is 1. The van der Waals surface area contributed by atoms with E-state index in [1.54, 1.807) is 20.4 Å². The van der Waals surface area contributed by atoms with Gasteiger partial charge in [-0.15, -0.1) is 24.0 Å². The highest BCUT2D eigenvalue weighted by atomic mass is 127. The predicted octanol–water partition coefficient (Wildman–Crippen LogP) is 1.62. The fourth-order valence-electron chi connectivity index (χ4n) is 3.00. The van der Waals surface area contributed by atoms with E-state index in [1.165, 1.54) is 0 Å². The second kappa shape index (κ2) is 10.6. The Morgan fingerprint density at radius 1 is 1.41 bits per heavy atom. The van der Waals surface area contributed by atoms with Gasteiger partial charge in [0.05, 0.1) is 19.3 Å². The van der Waals surface area contributed by atoms with E-state index in [0.29, 0.717) is 19.8 Å². The molecule has 0 aromatic carbocycles. The van der Waals surface area contributed by atoms with E-state index < -0.39 is 0 Å². The Hall–Kier alpha value is -1.72. The Kier molecular flexibility index (Phi) is 8.45. The first kappa shape index (κ1) is 21.6. The normalized spacial score (nSPS) is 17.5. The highest BCUT2D eigenvalue weighted by molar-refractivity contribution is 14.0. The number of aryl methyl sites for hydroxylation is 1. The number of nitrogens with one attached hydrogen (secondary N) is 1. The molecule has 9 heteroatoms. The molecule has 1 unspecified atom stereocenters. The van der Waals surface area contributed by atoms with Crippen LogP contribution in [0.25, 0.3) is 5.82 Å². The highest BCUT2D eigenvalue weighted by Crippen LogP contribution is 2.09. The maximum Gasteiger partial charge on any atom is 0.194 e. The molecule has 0 radical (unpaired) electrons. The predicted molar refractivity (Wildman–Crippen MR) is 115 cm³/mol. The van der Waals surface area contributed by atoms with E-state index in [2.05, 4.69) is 31.2 Å². The van der Waals surface area contributed by atoms with Crippen LogP contribution >= 0.6 is 24.0 Å². The van der Waals surface area contributed by atoms with Crippen molar-refractivity contribution in [2.75, 3.05) is 40.5 Å². The van der Waals surface area contributed by atoms with Gasteiger partial charge in [0.2, 0.25) is 0 Å². The van der Waals surface area contributed by atoms with E-state index >= 15 is 0 Å². The molecule has 1 aliphatic rings. The summed E-state index contributed by atoms with van der Waals surface area (Å²) < 4.78 is 12.9. The molecule has 27 heavy (non-hydrogen) atoms. The Bertz CT molecular complexity index is 732. The zero-order chi connectivity index (χ0) is 18.4. The molecule has 148 valence electrons. The lowest BCUT2D eigenvalue weighted by Gasteiger charge is -2.34. The monoisotopic (exact) mass is 486 g/mol. The lowest BCUT2D eigenvalue weighted by molar-refractivity contribution is -0.0447. The average Bonchev–Trinajstić information content (AvgIpc) is 3.09. The van der Waals surface area contributed by atoms with Crippen LogP contribution < -0.4 is 5.32 Å². The van der Waals surface area contributed by atoms with Crippen molar-refractivity contribution in [3.05, 3.63) is 42.1 Å². The minimum atomic E-state index is 0. The Morgan fingerprint density at radius 3 is 2.89 bits per heavy atom. The third kappa shape index (κ3) is 5.63. The van der Waals surface area contributed by atoms with Crippen LogP contribution in [0.2, 0.25) is 0 Å². The number of aliphatic imine (C=N–C) groups is 1. The van der Waals surface area contributed by atoms with E-state index in [1.807, 2.05) is 30.0 Å². The number of aromatic nitrogens is 3. The topological polar surface area (TPSA) is 76.8 Å². The molecular weight excluding hydrogens is 459 g/mol. The summed E-state index contributed by atoms with van der Waals surface area (Å²) in [6, 6.07) is 4.06. The zero-order valence-corrected chi connectivity index (χ0v) is 18.3. The molecule has 1 aliphatic heterocycles. The van der Waals surface area contributed by atoms with Gasteiger partial charge in [-0.1, -0.05) is 6.07 Å². The van der Waals surface area contributed by atoms with E-state index in [0.717, 1.165) is 36.3 Å². The summed E-state index contributed by atoms with van der Waals surface area (Å²) in [4.78, 5) is 15.3. The summed E-state index contributed by atoms with van der Waals surface area (Å²) in [5.74, 6) is 2.65. The lowest BCUT2D eigenvalue weighted by Crippen LogP contribution is -2.51. The summed E-state index contributed by atoms with van der Waals surface area (Å²) in [6.07, 6.45) is 5.64. The first-order valence-corrected chi connectivity index (χ1v) is 8.72. The summed E-state index contributed by atoms with van der Waals surface area (Å²) in [5.41, 5.74) is 1.09. The number of pyridine rings is 1. The number of nitrogens with zero attached hydrogens (tertiary/aromatic N) is 5. The second-order valence-corrected chi connectivity index (χ2v) is 6.16. The smallest absolute Gasteiger partial charge is 0.194 e. The zero-order valence-electron chi connectivity index (χ0n) is 16.0. The molecule has 3 rings (SSSR count). The molecule has 0 aliphatic carbocycles. The quantitative estimate of drug-likeness (QED) is 0.394. The van der Waals surface area contributed by atoms with E-state index in [4.69, 9.17) is 9.47 Å². The number of halogens is 1. The fraction of sp³-hybridized carbons (Fsp3) is 0.500. The molecule has 8 nitrogen and oxygen atoms in total. The molecule has 1 fully saturated rings. The number of rotatable bonds is 5. The van der Waals surface area contributed by atoms with Crippen molar-refractivity contribution in [3.8, 4) is 5.82 Å². The van der Waals surface area contributed by atoms with Crippen molar-refractivity contribution in [2.24, 2.45) is 4.99 Å². The van der Waals surface area contributed by atoms with Crippen molar-refractivity contribution in [1.82, 2.24) is 24.8 Å². The minimum Gasteiger partial charge on any atom is -0.382 e. The Balaban J connectivity index is 0.00000261. The van der Waals surface area contributed by atoms with Crippen molar-refractivity contribution in [3.63, 3.8) is 0 Å². The maximum atomic E-state index is 5.70. The number of ether oxygens (including phenoxy) is 2. The van der Waals surface area contributed by atoms with Gasteiger partial charge in [0, 0.05) is 52.4 Å². The highest BCUT2D eigenvalue weighted by Gasteiger charge is 2.22. The number of guanidine groups is 1. The SMILES string of the molecule is CN=C(NCc1ccc(-n2ccnc2C)nc1)N1CCOC(COC)C1.I. The number of imidazole rings is 1. The van der Waals surface area contributed by atoms with Crippen molar-refractivity contribution in [1.29, 1.82) is 0 Å². The summed E-state index contributed by atoms with van der Waals surface area (Å²) in [5, 5.41) is 3.40. The van der Waals surface area contributed by atoms with Gasteiger partial charge in [-0.2, -0.15) is 0 Å². The standard InChI is InChI=1S/C18H26N6O2.HI/c1-14-20-6-7-24(14)17-5-4-15(10-21-17)11-22-18(19-2)23-8-9-26-16(12-23)13-25-3;/h4-7,10,16H,8-9,11-13H2,1-3H3,(H,19,22);1H. The van der Waals surface area contributed by atoms with Gasteiger partial charge in [0.1, 0.15) is 11.6 Å². The van der Waals surface area contributed by atoms with Crippen LogP contribution in [-0.2, 0) is 16.0 Å². The van der Waals surface area contributed by atoms with Crippen LogP contribution in [0.15, 0.2) is 35.7 Å². The second-order valence-electron chi connectivity index (χ2n) is 6.16. The molecule has 0 bridgehead atoms. The molecular formula is C18H27IN6O2. The van der Waals surface area contributed by atoms with Crippen LogP contribution in [-0.4, -0.2) is 72.0 Å².